The molecule has 0 radical (unpaired) electrons. The molecule has 17 heavy (non-hydrogen) atoms. The molecule has 0 bridgehead atoms. The highest BCUT2D eigenvalue weighted by Gasteiger charge is 2.23. The second-order valence-corrected chi connectivity index (χ2v) is 7.70. The van der Waals surface area contributed by atoms with Crippen molar-refractivity contribution in [1.29, 1.82) is 0 Å². The second kappa shape index (κ2) is 6.16. The zero-order valence-corrected chi connectivity index (χ0v) is 11.5. The normalized spacial score (nSPS) is 33.2. The Bertz CT molecular complexity index is 330. The van der Waals surface area contributed by atoms with Crippen LogP contribution in [0.25, 0.3) is 0 Å². The number of ether oxygens (including phenoxy) is 1. The molecule has 0 aromatic heterocycles. The Labute approximate surface area is 105 Å². The molecule has 4 nitrogen and oxygen atoms in total. The predicted octanol–water partition coefficient (Wildman–Crippen LogP) is 1.26. The maximum Gasteiger partial charge on any atom is 0.0594 e. The van der Waals surface area contributed by atoms with Crippen molar-refractivity contribution in [3.63, 3.8) is 0 Å². The van der Waals surface area contributed by atoms with E-state index in [9.17, 15) is 4.21 Å². The van der Waals surface area contributed by atoms with Gasteiger partial charge in [0.25, 0.3) is 0 Å². The fourth-order valence-corrected chi connectivity index (χ4v) is 4.63. The Balaban J connectivity index is 1.88. The van der Waals surface area contributed by atoms with Crippen LogP contribution in [0.4, 0.5) is 0 Å². The largest absolute Gasteiger partial charge is 0.379 e. The molecule has 1 aliphatic carbocycles. The average Bonchev–Trinajstić information content (AvgIpc) is 2.33. The highest BCUT2D eigenvalue weighted by molar-refractivity contribution is 7.93. The Morgan fingerprint density at radius 3 is 2.47 bits per heavy atom. The summed E-state index contributed by atoms with van der Waals surface area (Å²) in [5, 5.41) is 3.24. The van der Waals surface area contributed by atoms with Gasteiger partial charge in [-0.05, 0) is 45.2 Å². The standard InChI is InChI=1S/C12H24N2O2S/c1-13-10-11-2-4-12(5-3-11)14-17(15)8-6-16-7-9-17/h11-13H,2-10H2,1H3. The van der Waals surface area contributed by atoms with Crippen LogP contribution >= 0.6 is 0 Å². The predicted molar refractivity (Wildman–Crippen MR) is 70.8 cm³/mol. The molecular weight excluding hydrogens is 236 g/mol. The van der Waals surface area contributed by atoms with E-state index in [4.69, 9.17) is 4.74 Å². The summed E-state index contributed by atoms with van der Waals surface area (Å²) in [4.78, 5) is 0. The second-order valence-electron chi connectivity index (χ2n) is 5.13. The fourth-order valence-electron chi connectivity index (χ4n) is 2.70. The molecule has 1 heterocycles. The molecule has 2 aliphatic rings. The van der Waals surface area contributed by atoms with Gasteiger partial charge in [0.1, 0.15) is 0 Å². The van der Waals surface area contributed by atoms with Crippen LogP contribution in [-0.2, 0) is 14.5 Å². The van der Waals surface area contributed by atoms with Gasteiger partial charge in [-0.1, -0.05) is 0 Å². The number of hydrogen-bond donors (Lipinski definition) is 1. The molecular formula is C12H24N2O2S. The average molecular weight is 260 g/mol. The van der Waals surface area contributed by atoms with E-state index in [0.29, 0.717) is 30.8 Å². The zero-order chi connectivity index (χ0) is 12.1. The van der Waals surface area contributed by atoms with E-state index in [-0.39, 0.29) is 0 Å². The van der Waals surface area contributed by atoms with Crippen LogP contribution in [0.1, 0.15) is 25.7 Å². The molecule has 1 N–H and O–H groups in total. The van der Waals surface area contributed by atoms with Crippen molar-refractivity contribution < 1.29 is 8.95 Å². The van der Waals surface area contributed by atoms with Crippen LogP contribution in [0.5, 0.6) is 0 Å². The van der Waals surface area contributed by atoms with Gasteiger partial charge in [-0.25, -0.2) is 8.57 Å². The number of rotatable bonds is 3. The Morgan fingerprint density at radius 1 is 1.24 bits per heavy atom. The van der Waals surface area contributed by atoms with Crippen molar-refractivity contribution in [2.45, 2.75) is 31.7 Å². The molecule has 100 valence electrons. The molecule has 0 atom stereocenters. The lowest BCUT2D eigenvalue weighted by Crippen LogP contribution is -2.29. The summed E-state index contributed by atoms with van der Waals surface area (Å²) >= 11 is 0. The molecule has 0 spiro atoms. The molecule has 0 aromatic rings. The van der Waals surface area contributed by atoms with Crippen LogP contribution < -0.4 is 5.32 Å². The van der Waals surface area contributed by atoms with Crippen molar-refractivity contribution >= 4 is 9.73 Å². The Kier molecular flexibility index (Phi) is 4.82. The molecule has 2 fully saturated rings. The highest BCUT2D eigenvalue weighted by atomic mass is 32.2. The molecule has 1 saturated heterocycles. The van der Waals surface area contributed by atoms with Crippen LogP contribution in [0, 0.1) is 5.92 Å². The number of hydrogen-bond acceptors (Lipinski definition) is 4. The Hall–Kier alpha value is -0.130. The summed E-state index contributed by atoms with van der Waals surface area (Å²) in [6, 6.07) is 0.341. The minimum absolute atomic E-state index is 0.341. The molecule has 0 aromatic carbocycles. The summed E-state index contributed by atoms with van der Waals surface area (Å²) in [6.07, 6.45) is 4.68. The lowest BCUT2D eigenvalue weighted by molar-refractivity contribution is 0.158. The van der Waals surface area contributed by atoms with Crippen molar-refractivity contribution in [1.82, 2.24) is 5.32 Å². The molecule has 2 rings (SSSR count). The minimum atomic E-state index is -1.94. The first kappa shape index (κ1) is 13.3. The fraction of sp³-hybridized carbons (Fsp3) is 1.00. The van der Waals surface area contributed by atoms with E-state index in [2.05, 4.69) is 9.68 Å². The molecule has 1 saturated carbocycles. The van der Waals surface area contributed by atoms with Crippen LogP contribution in [0.15, 0.2) is 4.36 Å². The van der Waals surface area contributed by atoms with Gasteiger partial charge >= 0.3 is 0 Å². The molecule has 5 heteroatoms. The third-order valence-corrected chi connectivity index (χ3v) is 6.04. The smallest absolute Gasteiger partial charge is 0.0594 e. The van der Waals surface area contributed by atoms with Gasteiger partial charge in [0.15, 0.2) is 0 Å². The number of nitrogens with one attached hydrogen (secondary N) is 1. The molecule has 1 aliphatic heterocycles. The zero-order valence-electron chi connectivity index (χ0n) is 10.7. The summed E-state index contributed by atoms with van der Waals surface area (Å²) in [5.41, 5.74) is 0. The van der Waals surface area contributed by atoms with E-state index in [1.54, 1.807) is 0 Å². The van der Waals surface area contributed by atoms with E-state index < -0.39 is 9.73 Å². The van der Waals surface area contributed by atoms with Gasteiger partial charge < -0.3 is 10.1 Å². The Morgan fingerprint density at radius 2 is 1.88 bits per heavy atom. The van der Waals surface area contributed by atoms with Crippen molar-refractivity contribution in [3.05, 3.63) is 0 Å². The summed E-state index contributed by atoms with van der Waals surface area (Å²) in [5.74, 6) is 2.08. The first-order valence-electron chi connectivity index (χ1n) is 6.66. The summed E-state index contributed by atoms with van der Waals surface area (Å²) in [7, 11) is 0.0740. The maximum atomic E-state index is 12.4. The number of nitrogens with zero attached hydrogens (tertiary/aromatic N) is 1. The third kappa shape index (κ3) is 3.93. The van der Waals surface area contributed by atoms with Gasteiger partial charge in [0.2, 0.25) is 0 Å². The molecule has 0 unspecified atom stereocenters. The lowest BCUT2D eigenvalue weighted by Gasteiger charge is -2.27. The SMILES string of the molecule is CNCC1CCC(N=S2(=O)CCOCC2)CC1. The van der Waals surface area contributed by atoms with E-state index in [1.807, 2.05) is 7.05 Å². The van der Waals surface area contributed by atoms with Gasteiger partial charge in [-0.15, -0.1) is 0 Å². The summed E-state index contributed by atoms with van der Waals surface area (Å²) in [6.45, 7) is 2.35. The van der Waals surface area contributed by atoms with Crippen LogP contribution in [-0.4, -0.2) is 48.6 Å². The van der Waals surface area contributed by atoms with Gasteiger partial charge in [-0.2, -0.15) is 0 Å². The quantitative estimate of drug-likeness (QED) is 0.831. The van der Waals surface area contributed by atoms with Crippen molar-refractivity contribution in [2.75, 3.05) is 38.3 Å². The first-order valence-corrected chi connectivity index (χ1v) is 8.51. The van der Waals surface area contributed by atoms with Crippen LogP contribution in [0.2, 0.25) is 0 Å². The van der Waals surface area contributed by atoms with Gasteiger partial charge in [0, 0.05) is 0 Å². The highest BCUT2D eigenvalue weighted by Crippen LogP contribution is 2.27. The maximum absolute atomic E-state index is 12.4. The molecule has 0 amide bonds. The van der Waals surface area contributed by atoms with E-state index in [0.717, 1.165) is 25.3 Å². The van der Waals surface area contributed by atoms with Crippen LogP contribution in [0.3, 0.4) is 0 Å². The van der Waals surface area contributed by atoms with E-state index >= 15 is 0 Å². The van der Waals surface area contributed by atoms with Crippen molar-refractivity contribution in [3.8, 4) is 0 Å². The summed E-state index contributed by atoms with van der Waals surface area (Å²) < 4.78 is 22.3. The topological polar surface area (TPSA) is 50.7 Å². The van der Waals surface area contributed by atoms with Crippen molar-refractivity contribution in [2.24, 2.45) is 10.3 Å². The third-order valence-electron chi connectivity index (χ3n) is 3.74. The minimum Gasteiger partial charge on any atom is -0.379 e. The monoisotopic (exact) mass is 260 g/mol. The van der Waals surface area contributed by atoms with Gasteiger partial charge in [0.05, 0.1) is 40.5 Å². The van der Waals surface area contributed by atoms with E-state index in [1.165, 1.54) is 12.8 Å². The first-order chi connectivity index (χ1) is 8.22. The lowest BCUT2D eigenvalue weighted by atomic mass is 9.86. The van der Waals surface area contributed by atoms with Gasteiger partial charge in [-0.3, -0.25) is 0 Å².